The van der Waals surface area contributed by atoms with Crippen molar-refractivity contribution in [1.29, 1.82) is 0 Å². The lowest BCUT2D eigenvalue weighted by Gasteiger charge is -2.45. The summed E-state index contributed by atoms with van der Waals surface area (Å²) in [6.45, 7) is 4.22. The number of sulfone groups is 1. The van der Waals surface area contributed by atoms with Crippen LogP contribution < -0.4 is 5.32 Å². The Balaban J connectivity index is 0.00000280. The summed E-state index contributed by atoms with van der Waals surface area (Å²) in [6.07, 6.45) is 10.2. The van der Waals surface area contributed by atoms with E-state index in [0.717, 1.165) is 57.5 Å². The number of guanidine groups is 1. The fourth-order valence-electron chi connectivity index (χ4n) is 5.09. The largest absolute Gasteiger partial charge is 0.391 e. The van der Waals surface area contributed by atoms with E-state index >= 15 is 0 Å². The molecular formula is C20H38IN3O3S. The number of nitrogens with one attached hydrogen (secondary N) is 1. The number of aliphatic hydroxyl groups is 1. The summed E-state index contributed by atoms with van der Waals surface area (Å²) in [7, 11) is -3.05. The summed E-state index contributed by atoms with van der Waals surface area (Å²) in [5.74, 6) is 1.34. The molecule has 3 rings (SSSR count). The third kappa shape index (κ3) is 5.53. The Bertz CT molecular complexity index is 614. The van der Waals surface area contributed by atoms with Crippen LogP contribution in [-0.4, -0.2) is 67.2 Å². The smallest absolute Gasteiger partial charge is 0.194 e. The SMILES string of the molecule is CCNC(=NCC(O)C1CCCCC1)N1CCS(=O)(=O)C2(CCCCC2)C1.I. The van der Waals surface area contributed by atoms with E-state index in [-0.39, 0.29) is 29.7 Å². The maximum atomic E-state index is 12.8. The van der Waals surface area contributed by atoms with Gasteiger partial charge in [-0.2, -0.15) is 0 Å². The topological polar surface area (TPSA) is 82.0 Å². The van der Waals surface area contributed by atoms with E-state index in [0.29, 0.717) is 25.6 Å². The summed E-state index contributed by atoms with van der Waals surface area (Å²) in [4.78, 5) is 6.85. The van der Waals surface area contributed by atoms with Crippen LogP contribution in [0.1, 0.15) is 71.1 Å². The van der Waals surface area contributed by atoms with Crippen molar-refractivity contribution < 1.29 is 13.5 Å². The van der Waals surface area contributed by atoms with Gasteiger partial charge < -0.3 is 15.3 Å². The first-order chi connectivity index (χ1) is 13.0. The van der Waals surface area contributed by atoms with Crippen molar-refractivity contribution in [2.24, 2.45) is 10.9 Å². The molecule has 2 aliphatic carbocycles. The van der Waals surface area contributed by atoms with Gasteiger partial charge >= 0.3 is 0 Å². The van der Waals surface area contributed by atoms with Gasteiger partial charge in [0.25, 0.3) is 0 Å². The first-order valence-corrected chi connectivity index (χ1v) is 12.6. The number of hydrogen-bond donors (Lipinski definition) is 2. The number of nitrogens with zero attached hydrogens (tertiary/aromatic N) is 2. The molecule has 1 atom stereocenters. The third-order valence-corrected chi connectivity index (χ3v) is 9.37. The van der Waals surface area contributed by atoms with Crippen molar-refractivity contribution in [1.82, 2.24) is 10.2 Å². The summed E-state index contributed by atoms with van der Waals surface area (Å²) >= 11 is 0. The molecule has 3 fully saturated rings. The Hall–Kier alpha value is -0.0900. The van der Waals surface area contributed by atoms with E-state index in [1.54, 1.807) is 0 Å². The predicted octanol–water partition coefficient (Wildman–Crippen LogP) is 2.94. The minimum absolute atomic E-state index is 0. The van der Waals surface area contributed by atoms with Crippen LogP contribution in [-0.2, 0) is 9.84 Å². The minimum atomic E-state index is -3.05. The van der Waals surface area contributed by atoms with Gasteiger partial charge in [0.1, 0.15) is 0 Å². The van der Waals surface area contributed by atoms with Crippen molar-refractivity contribution in [2.75, 3.05) is 31.9 Å². The second-order valence-electron chi connectivity index (χ2n) is 8.64. The Morgan fingerprint density at radius 2 is 1.82 bits per heavy atom. The van der Waals surface area contributed by atoms with Crippen molar-refractivity contribution in [3.63, 3.8) is 0 Å². The highest BCUT2D eigenvalue weighted by Crippen LogP contribution is 2.38. The summed E-state index contributed by atoms with van der Waals surface area (Å²) in [5.41, 5.74) is 0. The number of aliphatic hydroxyl groups excluding tert-OH is 1. The Kier molecular flexibility index (Phi) is 9.32. The zero-order valence-corrected chi connectivity index (χ0v) is 20.4. The highest BCUT2D eigenvalue weighted by Gasteiger charge is 2.48. The lowest BCUT2D eigenvalue weighted by Crippen LogP contribution is -2.60. The second-order valence-corrected chi connectivity index (χ2v) is 11.1. The quantitative estimate of drug-likeness (QED) is 0.334. The van der Waals surface area contributed by atoms with Gasteiger partial charge in [-0.1, -0.05) is 38.5 Å². The molecule has 0 aromatic carbocycles. The van der Waals surface area contributed by atoms with Crippen LogP contribution in [0.15, 0.2) is 4.99 Å². The third-order valence-electron chi connectivity index (χ3n) is 6.79. The predicted molar refractivity (Wildman–Crippen MR) is 125 cm³/mol. The lowest BCUT2D eigenvalue weighted by molar-refractivity contribution is 0.0920. The van der Waals surface area contributed by atoms with Crippen LogP contribution in [0.2, 0.25) is 0 Å². The zero-order valence-electron chi connectivity index (χ0n) is 17.2. The van der Waals surface area contributed by atoms with Crippen molar-refractivity contribution in [3.8, 4) is 0 Å². The van der Waals surface area contributed by atoms with E-state index in [1.807, 2.05) is 6.92 Å². The van der Waals surface area contributed by atoms with E-state index < -0.39 is 20.7 Å². The molecule has 0 aromatic rings. The lowest BCUT2D eigenvalue weighted by atomic mass is 9.85. The average Bonchev–Trinajstić information content (AvgIpc) is 2.69. The molecule has 0 radical (unpaired) electrons. The molecule has 0 aromatic heterocycles. The fourth-order valence-corrected chi connectivity index (χ4v) is 7.25. The Morgan fingerprint density at radius 1 is 1.18 bits per heavy atom. The van der Waals surface area contributed by atoms with Crippen molar-refractivity contribution in [3.05, 3.63) is 0 Å². The van der Waals surface area contributed by atoms with Crippen LogP contribution in [0.4, 0.5) is 0 Å². The normalized spacial score (nSPS) is 26.5. The summed E-state index contributed by atoms with van der Waals surface area (Å²) in [5, 5.41) is 13.9. The number of halogens is 1. The van der Waals surface area contributed by atoms with E-state index in [1.165, 1.54) is 19.3 Å². The molecule has 1 heterocycles. The summed E-state index contributed by atoms with van der Waals surface area (Å²) in [6, 6.07) is 0. The van der Waals surface area contributed by atoms with Crippen LogP contribution in [0, 0.1) is 5.92 Å². The first-order valence-electron chi connectivity index (χ1n) is 10.9. The monoisotopic (exact) mass is 527 g/mol. The van der Waals surface area contributed by atoms with Crippen molar-refractivity contribution >= 4 is 39.8 Å². The number of aliphatic imine (C=N–C) groups is 1. The van der Waals surface area contributed by atoms with Gasteiger partial charge in [-0.15, -0.1) is 24.0 Å². The van der Waals surface area contributed by atoms with E-state index in [4.69, 9.17) is 4.99 Å². The fraction of sp³-hybridized carbons (Fsp3) is 0.950. The van der Waals surface area contributed by atoms with Gasteiger partial charge in [0.05, 0.1) is 23.1 Å². The van der Waals surface area contributed by atoms with Gasteiger partial charge in [-0.25, -0.2) is 8.42 Å². The van der Waals surface area contributed by atoms with Gasteiger partial charge in [-0.3, -0.25) is 4.99 Å². The first kappa shape index (κ1) is 24.2. The molecular weight excluding hydrogens is 489 g/mol. The number of hydrogen-bond acceptors (Lipinski definition) is 4. The summed E-state index contributed by atoms with van der Waals surface area (Å²) < 4.78 is 25.1. The molecule has 1 saturated heterocycles. The standard InChI is InChI=1S/C20H37N3O3S.HI/c1-2-21-19(22-15-18(24)17-9-5-3-6-10-17)23-13-14-27(25,26)20(16-23)11-7-4-8-12-20;/h17-18,24H,2-16H2,1H3,(H,21,22);1H. The molecule has 2 saturated carbocycles. The molecule has 1 unspecified atom stereocenters. The van der Waals surface area contributed by atoms with E-state index in [9.17, 15) is 13.5 Å². The van der Waals surface area contributed by atoms with Gasteiger partial charge in [-0.05, 0) is 38.5 Å². The molecule has 3 aliphatic rings. The maximum Gasteiger partial charge on any atom is 0.194 e. The Labute approximate surface area is 187 Å². The number of rotatable bonds is 4. The Morgan fingerprint density at radius 3 is 2.46 bits per heavy atom. The maximum absolute atomic E-state index is 12.8. The van der Waals surface area contributed by atoms with Crippen LogP contribution in [0.3, 0.4) is 0 Å². The van der Waals surface area contributed by atoms with Crippen LogP contribution in [0.5, 0.6) is 0 Å². The van der Waals surface area contributed by atoms with Gasteiger partial charge in [0.2, 0.25) is 0 Å². The highest BCUT2D eigenvalue weighted by molar-refractivity contribution is 14.0. The molecule has 0 bridgehead atoms. The minimum Gasteiger partial charge on any atom is -0.391 e. The van der Waals surface area contributed by atoms with Gasteiger partial charge in [0.15, 0.2) is 15.8 Å². The second kappa shape index (κ2) is 10.8. The van der Waals surface area contributed by atoms with Crippen molar-refractivity contribution in [2.45, 2.75) is 82.0 Å². The van der Waals surface area contributed by atoms with Crippen LogP contribution >= 0.6 is 24.0 Å². The molecule has 0 amide bonds. The van der Waals surface area contributed by atoms with Crippen LogP contribution in [0.25, 0.3) is 0 Å². The van der Waals surface area contributed by atoms with Gasteiger partial charge in [0, 0.05) is 19.6 Å². The molecule has 1 spiro atoms. The molecule has 164 valence electrons. The average molecular weight is 528 g/mol. The highest BCUT2D eigenvalue weighted by atomic mass is 127. The molecule has 6 nitrogen and oxygen atoms in total. The molecule has 2 N–H and O–H groups in total. The molecule has 8 heteroatoms. The zero-order chi connectivity index (χ0) is 19.3. The molecule has 1 aliphatic heterocycles. The van der Waals surface area contributed by atoms with E-state index in [2.05, 4.69) is 10.2 Å². The molecule has 28 heavy (non-hydrogen) atoms.